The minimum absolute atomic E-state index is 0.0430. The molecule has 0 aliphatic carbocycles. The quantitative estimate of drug-likeness (QED) is 0.717. The van der Waals surface area contributed by atoms with Gasteiger partial charge in [-0.3, -0.25) is 9.59 Å². The van der Waals surface area contributed by atoms with Crippen molar-refractivity contribution in [2.75, 3.05) is 18.1 Å². The third-order valence-electron chi connectivity index (χ3n) is 3.57. The van der Waals surface area contributed by atoms with Crippen LogP contribution in [0.3, 0.4) is 0 Å². The maximum absolute atomic E-state index is 12.2. The number of rotatable bonds is 6. The summed E-state index contributed by atoms with van der Waals surface area (Å²) in [4.78, 5) is 23.4. The van der Waals surface area contributed by atoms with Crippen LogP contribution in [0.1, 0.15) is 28.8 Å². The summed E-state index contributed by atoms with van der Waals surface area (Å²) in [5, 5.41) is 5.40. The number of anilines is 2. The number of nitrogens with two attached hydrogens (primary N) is 1. The molecule has 0 heterocycles. The lowest BCUT2D eigenvalue weighted by Gasteiger charge is -2.08. The van der Waals surface area contributed by atoms with E-state index in [4.69, 9.17) is 5.73 Å². The number of carbonyl (C=O) groups excluding carboxylic acids is 2. The number of hydrogen-bond acceptors (Lipinski definition) is 3. The van der Waals surface area contributed by atoms with Crippen molar-refractivity contribution in [1.29, 1.82) is 0 Å². The Morgan fingerprint density at radius 1 is 1.04 bits per heavy atom. The van der Waals surface area contributed by atoms with E-state index < -0.39 is 0 Å². The molecule has 0 fully saturated rings. The molecule has 2 amide bonds. The third kappa shape index (κ3) is 4.85. The minimum atomic E-state index is -0.195. The first-order valence-corrected chi connectivity index (χ1v) is 7.55. The number of hydrogen-bond donors (Lipinski definition) is 3. The van der Waals surface area contributed by atoms with E-state index >= 15 is 0 Å². The molecular formula is C18H21N3O2. The van der Waals surface area contributed by atoms with Crippen LogP contribution in [-0.2, 0) is 11.2 Å². The number of amides is 2. The molecule has 0 saturated heterocycles. The minimum Gasteiger partial charge on any atom is -0.397 e. The van der Waals surface area contributed by atoms with E-state index in [1.165, 1.54) is 0 Å². The summed E-state index contributed by atoms with van der Waals surface area (Å²) in [5.74, 6) is -0.152. The number of nitrogen functional groups attached to an aromatic ring is 1. The first kappa shape index (κ1) is 16.5. The maximum atomic E-state index is 12.2. The molecular weight excluding hydrogens is 290 g/mol. The molecule has 4 N–H and O–H groups in total. The van der Waals surface area contributed by atoms with Crippen LogP contribution >= 0.6 is 0 Å². The zero-order valence-corrected chi connectivity index (χ0v) is 13.1. The van der Waals surface area contributed by atoms with Crippen molar-refractivity contribution in [2.24, 2.45) is 0 Å². The first-order chi connectivity index (χ1) is 11.1. The summed E-state index contributed by atoms with van der Waals surface area (Å²) in [5.41, 5.74) is 8.63. The molecule has 0 radical (unpaired) electrons. The van der Waals surface area contributed by atoms with Crippen LogP contribution in [0.4, 0.5) is 11.4 Å². The monoisotopic (exact) mass is 311 g/mol. The summed E-state index contributed by atoms with van der Waals surface area (Å²) in [7, 11) is 1.63. The van der Waals surface area contributed by atoms with Crippen LogP contribution in [0.15, 0.2) is 48.5 Å². The summed E-state index contributed by atoms with van der Waals surface area (Å²) in [6.45, 7) is 0. The fourth-order valence-electron chi connectivity index (χ4n) is 2.21. The fraction of sp³-hybridized carbons (Fsp3) is 0.222. The van der Waals surface area contributed by atoms with Gasteiger partial charge >= 0.3 is 0 Å². The second-order valence-corrected chi connectivity index (χ2v) is 5.27. The van der Waals surface area contributed by atoms with E-state index in [9.17, 15) is 9.59 Å². The van der Waals surface area contributed by atoms with Crippen LogP contribution in [0.25, 0.3) is 0 Å². The SMILES string of the molecule is CNC(=O)CCCc1ccc(C(=O)Nc2ccccc2N)cc1. The van der Waals surface area contributed by atoms with Gasteiger partial charge in [-0.05, 0) is 42.7 Å². The Morgan fingerprint density at radius 2 is 1.74 bits per heavy atom. The van der Waals surface area contributed by atoms with Crippen molar-refractivity contribution in [3.63, 3.8) is 0 Å². The molecule has 0 spiro atoms. The molecule has 0 aromatic heterocycles. The Kier molecular flexibility index (Phi) is 5.74. The summed E-state index contributed by atoms with van der Waals surface area (Å²) in [6, 6.07) is 14.5. The summed E-state index contributed by atoms with van der Waals surface area (Å²) < 4.78 is 0. The van der Waals surface area contributed by atoms with Gasteiger partial charge < -0.3 is 16.4 Å². The predicted molar refractivity (Wildman–Crippen MR) is 92.3 cm³/mol. The largest absolute Gasteiger partial charge is 0.397 e. The molecule has 2 rings (SSSR count). The Hall–Kier alpha value is -2.82. The molecule has 2 aromatic carbocycles. The van der Waals surface area contributed by atoms with E-state index in [-0.39, 0.29) is 11.8 Å². The van der Waals surface area contributed by atoms with Gasteiger partial charge in [-0.2, -0.15) is 0 Å². The molecule has 23 heavy (non-hydrogen) atoms. The van der Waals surface area contributed by atoms with Crippen molar-refractivity contribution >= 4 is 23.2 Å². The lowest BCUT2D eigenvalue weighted by Crippen LogP contribution is -2.17. The Labute approximate surface area is 135 Å². The van der Waals surface area contributed by atoms with Gasteiger partial charge in [0.25, 0.3) is 5.91 Å². The van der Waals surface area contributed by atoms with E-state index in [0.29, 0.717) is 23.4 Å². The number of para-hydroxylation sites is 2. The highest BCUT2D eigenvalue weighted by molar-refractivity contribution is 6.05. The average molecular weight is 311 g/mol. The van der Waals surface area contributed by atoms with Crippen LogP contribution in [0, 0.1) is 0 Å². The van der Waals surface area contributed by atoms with Crippen molar-refractivity contribution in [1.82, 2.24) is 5.32 Å². The number of nitrogens with one attached hydrogen (secondary N) is 2. The standard InChI is InChI=1S/C18H21N3O2/c1-20-17(22)8-4-5-13-9-11-14(12-10-13)18(23)21-16-7-3-2-6-15(16)19/h2-3,6-7,9-12H,4-5,8,19H2,1H3,(H,20,22)(H,21,23). The van der Waals surface area contributed by atoms with Crippen LogP contribution < -0.4 is 16.4 Å². The smallest absolute Gasteiger partial charge is 0.255 e. The van der Waals surface area contributed by atoms with Gasteiger partial charge in [-0.25, -0.2) is 0 Å². The second kappa shape index (κ2) is 7.98. The first-order valence-electron chi connectivity index (χ1n) is 7.55. The Balaban J connectivity index is 1.92. The fourth-order valence-corrected chi connectivity index (χ4v) is 2.21. The summed E-state index contributed by atoms with van der Waals surface area (Å²) in [6.07, 6.45) is 2.10. The van der Waals surface area contributed by atoms with Crippen molar-refractivity contribution in [3.05, 3.63) is 59.7 Å². The van der Waals surface area contributed by atoms with E-state index in [1.807, 2.05) is 24.3 Å². The van der Waals surface area contributed by atoms with E-state index in [1.54, 1.807) is 31.3 Å². The van der Waals surface area contributed by atoms with Gasteiger partial charge in [-0.1, -0.05) is 24.3 Å². The molecule has 0 aliphatic rings. The predicted octanol–water partition coefficient (Wildman–Crippen LogP) is 2.59. The highest BCUT2D eigenvalue weighted by Crippen LogP contribution is 2.18. The highest BCUT2D eigenvalue weighted by Gasteiger charge is 2.08. The number of carbonyl (C=O) groups is 2. The molecule has 2 aromatic rings. The van der Waals surface area contributed by atoms with Gasteiger partial charge in [0.15, 0.2) is 0 Å². The van der Waals surface area contributed by atoms with E-state index in [2.05, 4.69) is 10.6 Å². The van der Waals surface area contributed by atoms with Crippen molar-refractivity contribution in [2.45, 2.75) is 19.3 Å². The van der Waals surface area contributed by atoms with Crippen molar-refractivity contribution < 1.29 is 9.59 Å². The summed E-state index contributed by atoms with van der Waals surface area (Å²) >= 11 is 0. The molecule has 0 unspecified atom stereocenters. The molecule has 0 bridgehead atoms. The Bertz CT molecular complexity index is 681. The molecule has 0 aliphatic heterocycles. The lowest BCUT2D eigenvalue weighted by atomic mass is 10.1. The molecule has 5 nitrogen and oxygen atoms in total. The molecule has 0 saturated carbocycles. The van der Waals surface area contributed by atoms with Crippen LogP contribution in [-0.4, -0.2) is 18.9 Å². The van der Waals surface area contributed by atoms with E-state index in [0.717, 1.165) is 18.4 Å². The number of aryl methyl sites for hydroxylation is 1. The zero-order valence-electron chi connectivity index (χ0n) is 13.1. The Morgan fingerprint density at radius 3 is 2.39 bits per heavy atom. The van der Waals surface area contributed by atoms with Crippen LogP contribution in [0.5, 0.6) is 0 Å². The topological polar surface area (TPSA) is 84.2 Å². The van der Waals surface area contributed by atoms with Gasteiger partial charge in [-0.15, -0.1) is 0 Å². The normalized spacial score (nSPS) is 10.1. The van der Waals surface area contributed by atoms with Crippen molar-refractivity contribution in [3.8, 4) is 0 Å². The average Bonchev–Trinajstić information content (AvgIpc) is 2.57. The molecule has 0 atom stereocenters. The zero-order chi connectivity index (χ0) is 16.7. The lowest BCUT2D eigenvalue weighted by molar-refractivity contribution is -0.120. The van der Waals surface area contributed by atoms with Gasteiger partial charge in [0.2, 0.25) is 5.91 Å². The van der Waals surface area contributed by atoms with Crippen LogP contribution in [0.2, 0.25) is 0 Å². The third-order valence-corrected chi connectivity index (χ3v) is 3.57. The highest BCUT2D eigenvalue weighted by atomic mass is 16.2. The molecule has 120 valence electrons. The van der Waals surface area contributed by atoms with Gasteiger partial charge in [0.1, 0.15) is 0 Å². The molecule has 5 heteroatoms. The van der Waals surface area contributed by atoms with Gasteiger partial charge in [0, 0.05) is 19.0 Å². The second-order valence-electron chi connectivity index (χ2n) is 5.27. The van der Waals surface area contributed by atoms with Gasteiger partial charge in [0.05, 0.1) is 11.4 Å². The number of benzene rings is 2. The maximum Gasteiger partial charge on any atom is 0.255 e.